The van der Waals surface area contributed by atoms with E-state index in [9.17, 15) is 4.79 Å². The second-order valence-electron chi connectivity index (χ2n) is 8.69. The van der Waals surface area contributed by atoms with Crippen LogP contribution in [0.3, 0.4) is 0 Å². The van der Waals surface area contributed by atoms with Crippen LogP contribution in [0.2, 0.25) is 5.02 Å². The minimum atomic E-state index is -0.298. The van der Waals surface area contributed by atoms with Crippen molar-refractivity contribution in [1.29, 1.82) is 0 Å². The Balaban J connectivity index is 1.36. The van der Waals surface area contributed by atoms with Crippen LogP contribution in [0.4, 0.5) is 5.69 Å². The van der Waals surface area contributed by atoms with E-state index in [0.717, 1.165) is 33.9 Å². The number of thiocarbonyl (C=S) groups is 1. The molecule has 2 N–H and O–H groups in total. The minimum absolute atomic E-state index is 0.141. The Labute approximate surface area is 219 Å². The topological polar surface area (TPSA) is 67.2 Å². The first-order chi connectivity index (χ1) is 17.4. The summed E-state index contributed by atoms with van der Waals surface area (Å²) in [7, 11) is 0. The van der Waals surface area contributed by atoms with E-state index < -0.39 is 0 Å². The second kappa shape index (κ2) is 10.1. The fraction of sp³-hybridized carbons (Fsp3) is 0.138. The Morgan fingerprint density at radius 1 is 1.06 bits per heavy atom. The number of hydrogen-bond acceptors (Lipinski definition) is 4. The van der Waals surface area contributed by atoms with Crippen molar-refractivity contribution in [2.75, 3.05) is 5.32 Å². The van der Waals surface area contributed by atoms with Crippen molar-refractivity contribution in [3.05, 3.63) is 95.0 Å². The van der Waals surface area contributed by atoms with Crippen LogP contribution in [0.1, 0.15) is 42.1 Å². The minimum Gasteiger partial charge on any atom is -0.436 e. The molecule has 0 radical (unpaired) electrons. The number of carbonyl (C=O) groups excluding carboxylic acids is 1. The van der Waals surface area contributed by atoms with Crippen LogP contribution in [0, 0.1) is 0 Å². The summed E-state index contributed by atoms with van der Waals surface area (Å²) in [5.74, 6) is 0.635. The second-order valence-corrected chi connectivity index (χ2v) is 9.50. The molecule has 36 heavy (non-hydrogen) atoms. The fourth-order valence-electron chi connectivity index (χ4n) is 4.11. The van der Waals surface area contributed by atoms with Gasteiger partial charge in [-0.15, -0.1) is 0 Å². The van der Waals surface area contributed by atoms with Crippen LogP contribution < -0.4 is 10.6 Å². The number of aromatic nitrogens is 1. The molecule has 180 valence electrons. The van der Waals surface area contributed by atoms with Gasteiger partial charge in [0.1, 0.15) is 5.52 Å². The van der Waals surface area contributed by atoms with E-state index in [1.165, 1.54) is 5.56 Å². The lowest BCUT2D eigenvalue weighted by atomic mass is 9.98. The maximum Gasteiger partial charge on any atom is 0.258 e. The molecule has 1 amide bonds. The van der Waals surface area contributed by atoms with E-state index in [2.05, 4.69) is 41.6 Å². The van der Waals surface area contributed by atoms with Gasteiger partial charge in [0.2, 0.25) is 5.89 Å². The Hall–Kier alpha value is -3.74. The molecule has 1 unspecified atom stereocenters. The van der Waals surface area contributed by atoms with Gasteiger partial charge < -0.3 is 9.73 Å². The number of halogens is 1. The van der Waals surface area contributed by atoms with Gasteiger partial charge in [-0.3, -0.25) is 10.1 Å². The molecule has 0 spiro atoms. The normalized spacial score (nSPS) is 12.0. The number of rotatable bonds is 5. The molecule has 4 aromatic carbocycles. The van der Waals surface area contributed by atoms with Gasteiger partial charge in [0.05, 0.1) is 10.7 Å². The van der Waals surface area contributed by atoms with Crippen molar-refractivity contribution >= 4 is 62.4 Å². The van der Waals surface area contributed by atoms with E-state index in [1.54, 1.807) is 18.2 Å². The van der Waals surface area contributed by atoms with Gasteiger partial charge in [-0.1, -0.05) is 67.9 Å². The van der Waals surface area contributed by atoms with Gasteiger partial charge in [-0.05, 0) is 77.3 Å². The summed E-state index contributed by atoms with van der Waals surface area (Å²) >= 11 is 11.8. The maximum absolute atomic E-state index is 12.9. The highest BCUT2D eigenvalue weighted by Gasteiger charge is 2.15. The molecule has 1 atom stereocenters. The van der Waals surface area contributed by atoms with Crippen molar-refractivity contribution in [3.8, 4) is 11.5 Å². The van der Waals surface area contributed by atoms with Gasteiger partial charge in [0.15, 0.2) is 10.7 Å². The van der Waals surface area contributed by atoms with Crippen LogP contribution >= 0.6 is 23.8 Å². The zero-order valence-electron chi connectivity index (χ0n) is 19.8. The molecule has 1 aromatic heterocycles. The summed E-state index contributed by atoms with van der Waals surface area (Å²) in [6.45, 7) is 4.36. The first-order valence-electron chi connectivity index (χ1n) is 11.7. The summed E-state index contributed by atoms with van der Waals surface area (Å²) in [6.07, 6.45) is 1.05. The molecular weight excluding hydrogens is 490 g/mol. The molecule has 1 heterocycles. The Kier molecular flexibility index (Phi) is 6.72. The number of amides is 1. The van der Waals surface area contributed by atoms with Gasteiger partial charge in [0, 0.05) is 11.1 Å². The highest BCUT2D eigenvalue weighted by atomic mass is 35.5. The van der Waals surface area contributed by atoms with E-state index >= 15 is 0 Å². The van der Waals surface area contributed by atoms with Crippen molar-refractivity contribution in [2.45, 2.75) is 26.2 Å². The molecule has 5 aromatic rings. The Morgan fingerprint density at radius 3 is 2.69 bits per heavy atom. The van der Waals surface area contributed by atoms with Gasteiger partial charge in [0.25, 0.3) is 5.91 Å². The number of hydrogen-bond donors (Lipinski definition) is 2. The first-order valence-corrected chi connectivity index (χ1v) is 12.5. The molecule has 5 rings (SSSR count). The molecule has 0 saturated carbocycles. The fourth-order valence-corrected chi connectivity index (χ4v) is 4.48. The lowest BCUT2D eigenvalue weighted by molar-refractivity contribution is 0.0979. The average Bonchev–Trinajstić information content (AvgIpc) is 3.32. The number of benzene rings is 4. The summed E-state index contributed by atoms with van der Waals surface area (Å²) in [6, 6.07) is 24.8. The third-order valence-electron chi connectivity index (χ3n) is 6.32. The van der Waals surface area contributed by atoms with E-state index in [0.29, 0.717) is 28.1 Å². The van der Waals surface area contributed by atoms with Crippen LogP contribution in [-0.2, 0) is 0 Å². The molecule has 7 heteroatoms. The third kappa shape index (κ3) is 4.83. The van der Waals surface area contributed by atoms with Gasteiger partial charge in [-0.25, -0.2) is 4.98 Å². The van der Waals surface area contributed by atoms with E-state index in [-0.39, 0.29) is 11.0 Å². The maximum atomic E-state index is 12.9. The van der Waals surface area contributed by atoms with Crippen LogP contribution in [0.25, 0.3) is 33.3 Å². The molecule has 0 aliphatic carbocycles. The first kappa shape index (κ1) is 24.0. The van der Waals surface area contributed by atoms with Crippen LogP contribution in [0.15, 0.2) is 83.3 Å². The van der Waals surface area contributed by atoms with Gasteiger partial charge in [-0.2, -0.15) is 0 Å². The predicted octanol–water partition coefficient (Wildman–Crippen LogP) is 7.94. The third-order valence-corrected chi connectivity index (χ3v) is 6.85. The highest BCUT2D eigenvalue weighted by Crippen LogP contribution is 2.32. The quantitative estimate of drug-likeness (QED) is 0.233. The van der Waals surface area contributed by atoms with Crippen LogP contribution in [0.5, 0.6) is 0 Å². The number of anilines is 1. The van der Waals surface area contributed by atoms with E-state index in [4.69, 9.17) is 28.2 Å². The zero-order chi connectivity index (χ0) is 25.2. The summed E-state index contributed by atoms with van der Waals surface area (Å²) in [5, 5.41) is 8.21. The molecule has 0 bridgehead atoms. The predicted molar refractivity (Wildman–Crippen MR) is 151 cm³/mol. The molecular formula is C29H24ClN3O2S. The molecule has 0 saturated heterocycles. The van der Waals surface area contributed by atoms with Crippen LogP contribution in [-0.4, -0.2) is 16.0 Å². The Bertz CT molecular complexity index is 1610. The number of nitrogens with zero attached hydrogens (tertiary/aromatic N) is 1. The highest BCUT2D eigenvalue weighted by molar-refractivity contribution is 7.80. The number of carbonyl (C=O) groups is 1. The smallest absolute Gasteiger partial charge is 0.258 e. The zero-order valence-corrected chi connectivity index (χ0v) is 21.4. The summed E-state index contributed by atoms with van der Waals surface area (Å²) in [4.78, 5) is 17.6. The van der Waals surface area contributed by atoms with E-state index in [1.807, 2.05) is 48.5 Å². The Morgan fingerprint density at radius 2 is 1.86 bits per heavy atom. The standard InChI is InChI=1S/C29H24ClN3O2S/c1-3-17(2)19-12-14-26-25(15-19)31-28(35-26)20-11-13-23(30)24(16-20)32-29(36)33-27(34)22-10-6-8-18-7-4-5-9-21(18)22/h4-17H,3H2,1-2H3,(H2,32,33,34,36). The number of fused-ring (bicyclic) bond motifs is 2. The molecule has 5 nitrogen and oxygen atoms in total. The largest absolute Gasteiger partial charge is 0.436 e. The lowest BCUT2D eigenvalue weighted by Crippen LogP contribution is -2.34. The van der Waals surface area contributed by atoms with Crippen molar-refractivity contribution < 1.29 is 9.21 Å². The molecule has 0 aliphatic rings. The van der Waals surface area contributed by atoms with Crippen molar-refractivity contribution in [1.82, 2.24) is 10.3 Å². The molecule has 0 fully saturated rings. The summed E-state index contributed by atoms with van der Waals surface area (Å²) < 4.78 is 6.00. The van der Waals surface area contributed by atoms with Crippen molar-refractivity contribution in [3.63, 3.8) is 0 Å². The SMILES string of the molecule is CCC(C)c1ccc2oc(-c3ccc(Cl)c(NC(=S)NC(=O)c4cccc5ccccc45)c3)nc2c1. The summed E-state index contributed by atoms with van der Waals surface area (Å²) in [5.41, 5.74) is 4.59. The number of oxazole rings is 1. The monoisotopic (exact) mass is 513 g/mol. The molecule has 0 aliphatic heterocycles. The van der Waals surface area contributed by atoms with Gasteiger partial charge >= 0.3 is 0 Å². The lowest BCUT2D eigenvalue weighted by Gasteiger charge is -2.12. The van der Waals surface area contributed by atoms with Crippen molar-refractivity contribution in [2.24, 2.45) is 0 Å². The average molecular weight is 514 g/mol. The number of nitrogens with one attached hydrogen (secondary N) is 2.